The predicted octanol–water partition coefficient (Wildman–Crippen LogP) is 2.95. The molecule has 0 bridgehead atoms. The molecule has 0 N–H and O–H groups in total. The van der Waals surface area contributed by atoms with Crippen LogP contribution in [0.25, 0.3) is 0 Å². The maximum Gasteiger partial charge on any atom is 0.254 e. The SMILES string of the molecule is O=C(c1ccc2c(c1)COC2)N(CCCl)C1CCC1. The summed E-state index contributed by atoms with van der Waals surface area (Å²) in [5.74, 6) is 0.607. The van der Waals surface area contributed by atoms with Gasteiger partial charge in [-0.3, -0.25) is 4.79 Å². The largest absolute Gasteiger partial charge is 0.372 e. The van der Waals surface area contributed by atoms with Crippen LogP contribution in [0.4, 0.5) is 0 Å². The van der Waals surface area contributed by atoms with Crippen molar-refractivity contribution >= 4 is 17.5 Å². The second-order valence-corrected chi connectivity index (χ2v) is 5.63. The average Bonchev–Trinajstić information content (AvgIpc) is 2.82. The minimum atomic E-state index is 0.111. The maximum atomic E-state index is 12.6. The number of hydrogen-bond donors (Lipinski definition) is 0. The van der Waals surface area contributed by atoms with Crippen molar-refractivity contribution in [1.29, 1.82) is 0 Å². The van der Waals surface area contributed by atoms with Crippen molar-refractivity contribution in [3.8, 4) is 0 Å². The van der Waals surface area contributed by atoms with Gasteiger partial charge in [-0.25, -0.2) is 0 Å². The van der Waals surface area contributed by atoms with Crippen molar-refractivity contribution in [2.24, 2.45) is 0 Å². The number of ether oxygens (including phenoxy) is 1. The van der Waals surface area contributed by atoms with Gasteiger partial charge in [0.15, 0.2) is 0 Å². The Hall–Kier alpha value is -1.06. The minimum absolute atomic E-state index is 0.111. The van der Waals surface area contributed by atoms with Gasteiger partial charge >= 0.3 is 0 Å². The quantitative estimate of drug-likeness (QED) is 0.793. The van der Waals surface area contributed by atoms with Crippen molar-refractivity contribution in [2.45, 2.75) is 38.5 Å². The van der Waals surface area contributed by atoms with Crippen molar-refractivity contribution in [3.05, 3.63) is 34.9 Å². The minimum Gasteiger partial charge on any atom is -0.372 e. The van der Waals surface area contributed by atoms with Gasteiger partial charge in [0.1, 0.15) is 0 Å². The molecule has 4 heteroatoms. The Morgan fingerprint density at radius 3 is 2.79 bits per heavy atom. The van der Waals surface area contributed by atoms with Gasteiger partial charge in [0.25, 0.3) is 5.91 Å². The Balaban J connectivity index is 1.81. The van der Waals surface area contributed by atoms with Gasteiger partial charge in [-0.05, 0) is 42.5 Å². The van der Waals surface area contributed by atoms with E-state index in [1.807, 2.05) is 23.1 Å². The van der Waals surface area contributed by atoms with Gasteiger partial charge in [0, 0.05) is 24.0 Å². The van der Waals surface area contributed by atoms with Crippen LogP contribution in [0.5, 0.6) is 0 Å². The monoisotopic (exact) mass is 279 g/mol. The molecule has 19 heavy (non-hydrogen) atoms. The lowest BCUT2D eigenvalue weighted by molar-refractivity contribution is 0.0598. The first-order chi connectivity index (χ1) is 9.29. The average molecular weight is 280 g/mol. The molecule has 1 aliphatic heterocycles. The van der Waals surface area contributed by atoms with Gasteiger partial charge in [-0.1, -0.05) is 6.07 Å². The molecule has 2 aliphatic rings. The van der Waals surface area contributed by atoms with E-state index in [0.29, 0.717) is 31.7 Å². The third-order valence-corrected chi connectivity index (χ3v) is 4.24. The Morgan fingerprint density at radius 2 is 2.11 bits per heavy atom. The molecule has 1 aromatic carbocycles. The molecule has 0 aromatic heterocycles. The lowest BCUT2D eigenvalue weighted by Crippen LogP contribution is -2.45. The van der Waals surface area contributed by atoms with Crippen LogP contribution in [0.2, 0.25) is 0 Å². The zero-order valence-corrected chi connectivity index (χ0v) is 11.7. The summed E-state index contributed by atoms with van der Waals surface area (Å²) in [6.07, 6.45) is 3.43. The lowest BCUT2D eigenvalue weighted by Gasteiger charge is -2.37. The van der Waals surface area contributed by atoms with Crippen molar-refractivity contribution in [2.75, 3.05) is 12.4 Å². The van der Waals surface area contributed by atoms with Crippen LogP contribution in [0.15, 0.2) is 18.2 Å². The van der Waals surface area contributed by atoms with E-state index in [1.54, 1.807) is 0 Å². The van der Waals surface area contributed by atoms with Crippen LogP contribution in [-0.2, 0) is 18.0 Å². The summed E-state index contributed by atoms with van der Waals surface area (Å²) in [5.41, 5.74) is 3.11. The summed E-state index contributed by atoms with van der Waals surface area (Å²) >= 11 is 5.83. The number of carbonyl (C=O) groups excluding carboxylic acids is 1. The number of amides is 1. The first-order valence-electron chi connectivity index (χ1n) is 6.86. The first-order valence-corrected chi connectivity index (χ1v) is 7.39. The van der Waals surface area contributed by atoms with Gasteiger partial charge in [-0.2, -0.15) is 0 Å². The molecule has 102 valence electrons. The predicted molar refractivity (Wildman–Crippen MR) is 74.3 cm³/mol. The topological polar surface area (TPSA) is 29.5 Å². The molecule has 0 radical (unpaired) electrons. The van der Waals surface area contributed by atoms with E-state index in [4.69, 9.17) is 16.3 Å². The number of rotatable bonds is 4. The molecule has 1 heterocycles. The fourth-order valence-electron chi connectivity index (χ4n) is 2.71. The molecule has 3 rings (SSSR count). The van der Waals surface area contributed by atoms with E-state index in [9.17, 15) is 4.79 Å². The van der Waals surface area contributed by atoms with E-state index in [0.717, 1.165) is 24.0 Å². The van der Waals surface area contributed by atoms with Crippen LogP contribution in [0, 0.1) is 0 Å². The molecule has 0 unspecified atom stereocenters. The molecule has 0 spiro atoms. The van der Waals surface area contributed by atoms with E-state index in [2.05, 4.69) is 0 Å². The third kappa shape index (κ3) is 2.49. The highest BCUT2D eigenvalue weighted by atomic mass is 35.5. The second-order valence-electron chi connectivity index (χ2n) is 5.25. The number of alkyl halides is 1. The maximum absolute atomic E-state index is 12.6. The van der Waals surface area contributed by atoms with E-state index in [-0.39, 0.29) is 5.91 Å². The summed E-state index contributed by atoms with van der Waals surface area (Å²) in [4.78, 5) is 14.5. The molecule has 1 aliphatic carbocycles. The Kier molecular flexibility index (Phi) is 3.76. The number of halogens is 1. The van der Waals surface area contributed by atoms with E-state index >= 15 is 0 Å². The fourth-order valence-corrected chi connectivity index (χ4v) is 2.89. The summed E-state index contributed by atoms with van der Waals surface area (Å²) in [7, 11) is 0. The Morgan fingerprint density at radius 1 is 1.32 bits per heavy atom. The van der Waals surface area contributed by atoms with Crippen molar-refractivity contribution < 1.29 is 9.53 Å². The molecule has 1 aromatic rings. The van der Waals surface area contributed by atoms with E-state index < -0.39 is 0 Å². The molecule has 1 amide bonds. The number of hydrogen-bond acceptors (Lipinski definition) is 2. The van der Waals surface area contributed by atoms with Gasteiger partial charge in [-0.15, -0.1) is 11.6 Å². The van der Waals surface area contributed by atoms with E-state index in [1.165, 1.54) is 12.0 Å². The lowest BCUT2D eigenvalue weighted by atomic mass is 9.91. The Bertz CT molecular complexity index is 485. The molecule has 1 fully saturated rings. The van der Waals surface area contributed by atoms with Gasteiger partial charge < -0.3 is 9.64 Å². The smallest absolute Gasteiger partial charge is 0.254 e. The molecular weight excluding hydrogens is 262 g/mol. The highest BCUT2D eigenvalue weighted by Gasteiger charge is 2.29. The van der Waals surface area contributed by atoms with Crippen LogP contribution in [-0.4, -0.2) is 29.3 Å². The van der Waals surface area contributed by atoms with Gasteiger partial charge in [0.05, 0.1) is 13.2 Å². The van der Waals surface area contributed by atoms with Crippen LogP contribution in [0.1, 0.15) is 40.7 Å². The third-order valence-electron chi connectivity index (χ3n) is 4.07. The first kappa shape index (κ1) is 12.9. The second kappa shape index (κ2) is 5.51. The number of carbonyl (C=O) groups is 1. The number of nitrogens with zero attached hydrogens (tertiary/aromatic N) is 1. The van der Waals surface area contributed by atoms with Gasteiger partial charge in [0.2, 0.25) is 0 Å². The number of benzene rings is 1. The van der Waals surface area contributed by atoms with Crippen LogP contribution >= 0.6 is 11.6 Å². The van der Waals surface area contributed by atoms with Crippen molar-refractivity contribution in [1.82, 2.24) is 4.90 Å². The molecule has 3 nitrogen and oxygen atoms in total. The summed E-state index contributed by atoms with van der Waals surface area (Å²) in [6, 6.07) is 6.28. The normalized spacial score (nSPS) is 17.9. The fraction of sp³-hybridized carbons (Fsp3) is 0.533. The standard InChI is InChI=1S/C15H18ClNO2/c16-6-7-17(14-2-1-3-14)15(18)11-4-5-12-9-19-10-13(12)8-11/h4-5,8,14H,1-3,6-7,9-10H2. The number of fused-ring (bicyclic) bond motifs is 1. The highest BCUT2D eigenvalue weighted by Crippen LogP contribution is 2.27. The zero-order chi connectivity index (χ0) is 13.2. The van der Waals surface area contributed by atoms with Crippen LogP contribution < -0.4 is 0 Å². The summed E-state index contributed by atoms with van der Waals surface area (Å²) < 4.78 is 5.39. The molecule has 0 atom stereocenters. The Labute approximate surface area is 118 Å². The zero-order valence-electron chi connectivity index (χ0n) is 10.9. The summed E-state index contributed by atoms with van der Waals surface area (Å²) in [6.45, 7) is 1.92. The van der Waals surface area contributed by atoms with Crippen molar-refractivity contribution in [3.63, 3.8) is 0 Å². The highest BCUT2D eigenvalue weighted by molar-refractivity contribution is 6.18. The molecular formula is C15H18ClNO2. The molecule has 0 saturated heterocycles. The van der Waals surface area contributed by atoms with Crippen LogP contribution in [0.3, 0.4) is 0 Å². The molecule has 1 saturated carbocycles. The summed E-state index contributed by atoms with van der Waals surface area (Å²) in [5, 5.41) is 0.